The van der Waals surface area contributed by atoms with Gasteiger partial charge in [-0.2, -0.15) is 0 Å². The molecule has 1 aromatic rings. The molecule has 1 heterocycles. The lowest BCUT2D eigenvalue weighted by molar-refractivity contribution is -0.113. The summed E-state index contributed by atoms with van der Waals surface area (Å²) < 4.78 is 23.7. The highest BCUT2D eigenvalue weighted by atomic mass is 79.9. The van der Waals surface area contributed by atoms with Crippen molar-refractivity contribution in [3.8, 4) is 0 Å². The van der Waals surface area contributed by atoms with E-state index in [4.69, 9.17) is 0 Å². The third kappa shape index (κ3) is 4.49. The van der Waals surface area contributed by atoms with Crippen LogP contribution in [0.15, 0.2) is 22.7 Å². The van der Waals surface area contributed by atoms with Crippen molar-refractivity contribution in [3.05, 3.63) is 28.2 Å². The fourth-order valence-electron chi connectivity index (χ4n) is 2.01. The summed E-state index contributed by atoms with van der Waals surface area (Å²) in [7, 11) is -2.87. The van der Waals surface area contributed by atoms with E-state index >= 15 is 0 Å². The number of rotatable bonds is 4. The Morgan fingerprint density at radius 1 is 1.50 bits per heavy atom. The lowest BCUT2D eigenvalue weighted by atomic mass is 10.2. The topological polar surface area (TPSA) is 63.2 Å². The number of sulfone groups is 1. The smallest absolute Gasteiger partial charge is 0.234 e. The molecule has 1 saturated heterocycles. The van der Waals surface area contributed by atoms with E-state index in [0.717, 1.165) is 15.7 Å². The minimum atomic E-state index is -2.87. The van der Waals surface area contributed by atoms with Crippen LogP contribution >= 0.6 is 27.7 Å². The minimum Gasteiger partial charge on any atom is -0.325 e. The number of thioether (sulfide) groups is 1. The van der Waals surface area contributed by atoms with Crippen LogP contribution in [0.4, 0.5) is 5.69 Å². The van der Waals surface area contributed by atoms with Crippen LogP contribution in [0.3, 0.4) is 0 Å². The summed E-state index contributed by atoms with van der Waals surface area (Å²) in [4.78, 5) is 11.8. The van der Waals surface area contributed by atoms with Crippen molar-refractivity contribution >= 4 is 49.1 Å². The molecule has 1 fully saturated rings. The van der Waals surface area contributed by atoms with Gasteiger partial charge in [0.25, 0.3) is 0 Å². The molecule has 0 spiro atoms. The highest BCUT2D eigenvalue weighted by Gasteiger charge is 2.28. The van der Waals surface area contributed by atoms with Gasteiger partial charge in [0, 0.05) is 15.4 Å². The van der Waals surface area contributed by atoms with Crippen LogP contribution < -0.4 is 5.32 Å². The number of carbonyl (C=O) groups is 1. The third-order valence-corrected chi connectivity index (χ3v) is 7.25. The SMILES string of the molecule is Cc1cc(NC(=O)CS[C@@H]2CCS(=O)(=O)C2)ccc1Br. The Kier molecular flexibility index (Phi) is 5.14. The molecule has 4 nitrogen and oxygen atoms in total. The second-order valence-corrected chi connectivity index (χ2v) is 9.22. The van der Waals surface area contributed by atoms with Crippen molar-refractivity contribution in [1.29, 1.82) is 0 Å². The largest absolute Gasteiger partial charge is 0.325 e. The molecule has 0 saturated carbocycles. The molecule has 2 rings (SSSR count). The zero-order valence-electron chi connectivity index (χ0n) is 11.1. The second kappa shape index (κ2) is 6.49. The Bertz CT molecular complexity index is 616. The molecule has 7 heteroatoms. The Labute approximate surface area is 131 Å². The number of hydrogen-bond acceptors (Lipinski definition) is 4. The highest BCUT2D eigenvalue weighted by molar-refractivity contribution is 9.10. The van der Waals surface area contributed by atoms with Crippen LogP contribution in [0.2, 0.25) is 0 Å². The maximum absolute atomic E-state index is 11.8. The predicted octanol–water partition coefficient (Wildman–Crippen LogP) is 2.62. The van der Waals surface area contributed by atoms with E-state index < -0.39 is 9.84 Å². The molecule has 1 atom stereocenters. The number of halogens is 1. The van der Waals surface area contributed by atoms with Crippen LogP contribution in [0, 0.1) is 6.92 Å². The fourth-order valence-corrected chi connectivity index (χ4v) is 5.70. The molecule has 1 aromatic carbocycles. The molecule has 20 heavy (non-hydrogen) atoms. The number of amides is 1. The Morgan fingerprint density at radius 3 is 2.85 bits per heavy atom. The van der Waals surface area contributed by atoms with Gasteiger partial charge < -0.3 is 5.32 Å². The molecule has 1 aliphatic rings. The number of anilines is 1. The van der Waals surface area contributed by atoms with E-state index in [1.807, 2.05) is 25.1 Å². The first-order valence-electron chi connectivity index (χ1n) is 6.24. The van der Waals surface area contributed by atoms with Gasteiger partial charge in [0.1, 0.15) is 0 Å². The van der Waals surface area contributed by atoms with E-state index in [-0.39, 0.29) is 28.4 Å². The van der Waals surface area contributed by atoms with Crippen molar-refractivity contribution in [3.63, 3.8) is 0 Å². The number of nitrogens with one attached hydrogen (secondary N) is 1. The molecule has 0 unspecified atom stereocenters. The summed E-state index contributed by atoms with van der Waals surface area (Å²) in [6.07, 6.45) is 0.650. The lowest BCUT2D eigenvalue weighted by Gasteiger charge is -2.09. The molecule has 0 aliphatic carbocycles. The van der Waals surface area contributed by atoms with Gasteiger partial charge in [-0.05, 0) is 37.1 Å². The summed E-state index contributed by atoms with van der Waals surface area (Å²) >= 11 is 4.83. The summed E-state index contributed by atoms with van der Waals surface area (Å²) in [6, 6.07) is 5.62. The van der Waals surface area contributed by atoms with Gasteiger partial charge in [0.2, 0.25) is 5.91 Å². The standard InChI is InChI=1S/C13H16BrNO3S2/c1-9-6-10(2-3-12(9)14)15-13(16)7-19-11-4-5-20(17,18)8-11/h2-3,6,11H,4-5,7-8H2,1H3,(H,15,16)/t11-/m1/s1. The average Bonchev–Trinajstić information content (AvgIpc) is 2.71. The zero-order chi connectivity index (χ0) is 14.8. The number of hydrogen-bond donors (Lipinski definition) is 1. The highest BCUT2D eigenvalue weighted by Crippen LogP contribution is 2.25. The second-order valence-electron chi connectivity index (χ2n) is 4.85. The number of aryl methyl sites for hydroxylation is 1. The van der Waals surface area contributed by atoms with Crippen molar-refractivity contribution in [2.24, 2.45) is 0 Å². The molecular weight excluding hydrogens is 362 g/mol. The van der Waals surface area contributed by atoms with Gasteiger partial charge in [0.05, 0.1) is 17.3 Å². The Hall–Kier alpha value is -0.530. The van der Waals surface area contributed by atoms with Crippen LogP contribution in [-0.4, -0.2) is 36.8 Å². The maximum Gasteiger partial charge on any atom is 0.234 e. The fraction of sp³-hybridized carbons (Fsp3) is 0.462. The molecule has 0 bridgehead atoms. The first-order chi connectivity index (χ1) is 9.35. The zero-order valence-corrected chi connectivity index (χ0v) is 14.3. The number of benzene rings is 1. The van der Waals surface area contributed by atoms with Crippen molar-refractivity contribution in [1.82, 2.24) is 0 Å². The molecule has 1 amide bonds. The summed E-state index contributed by atoms with van der Waals surface area (Å²) in [5.74, 6) is 0.636. The molecule has 1 N–H and O–H groups in total. The lowest BCUT2D eigenvalue weighted by Crippen LogP contribution is -2.17. The van der Waals surface area contributed by atoms with Gasteiger partial charge >= 0.3 is 0 Å². The molecular formula is C13H16BrNO3S2. The maximum atomic E-state index is 11.8. The van der Waals surface area contributed by atoms with Crippen molar-refractivity contribution in [2.75, 3.05) is 22.6 Å². The quantitative estimate of drug-likeness (QED) is 0.875. The van der Waals surface area contributed by atoms with Gasteiger partial charge in [-0.1, -0.05) is 15.9 Å². The molecule has 0 radical (unpaired) electrons. The van der Waals surface area contributed by atoms with E-state index in [1.165, 1.54) is 11.8 Å². The van der Waals surface area contributed by atoms with Crippen LogP contribution in [0.25, 0.3) is 0 Å². The average molecular weight is 378 g/mol. The van der Waals surface area contributed by atoms with E-state index in [1.54, 1.807) is 0 Å². The van der Waals surface area contributed by atoms with Gasteiger partial charge in [-0.3, -0.25) is 4.79 Å². The van der Waals surface area contributed by atoms with Gasteiger partial charge in [-0.15, -0.1) is 11.8 Å². The van der Waals surface area contributed by atoms with E-state index in [0.29, 0.717) is 6.42 Å². The van der Waals surface area contributed by atoms with Crippen LogP contribution in [0.5, 0.6) is 0 Å². The molecule has 1 aliphatic heterocycles. The normalized spacial score (nSPS) is 20.8. The third-order valence-electron chi connectivity index (χ3n) is 3.08. The van der Waals surface area contributed by atoms with E-state index in [9.17, 15) is 13.2 Å². The van der Waals surface area contributed by atoms with E-state index in [2.05, 4.69) is 21.2 Å². The van der Waals surface area contributed by atoms with Crippen LogP contribution in [0.1, 0.15) is 12.0 Å². The predicted molar refractivity (Wildman–Crippen MR) is 87.0 cm³/mol. The molecule has 110 valence electrons. The monoisotopic (exact) mass is 377 g/mol. The van der Waals surface area contributed by atoms with Gasteiger partial charge in [0.15, 0.2) is 9.84 Å². The first-order valence-corrected chi connectivity index (χ1v) is 9.90. The molecule has 0 aromatic heterocycles. The van der Waals surface area contributed by atoms with Crippen LogP contribution in [-0.2, 0) is 14.6 Å². The Balaban J connectivity index is 1.82. The summed E-state index contributed by atoms with van der Waals surface area (Å²) in [5.41, 5.74) is 1.81. The summed E-state index contributed by atoms with van der Waals surface area (Å²) in [6.45, 7) is 1.96. The summed E-state index contributed by atoms with van der Waals surface area (Å²) in [5, 5.41) is 2.88. The first kappa shape index (κ1) is 15.9. The van der Waals surface area contributed by atoms with Crippen molar-refractivity contribution in [2.45, 2.75) is 18.6 Å². The number of carbonyl (C=O) groups excluding carboxylic acids is 1. The minimum absolute atomic E-state index is 0.0532. The van der Waals surface area contributed by atoms with Gasteiger partial charge in [-0.25, -0.2) is 8.42 Å². The van der Waals surface area contributed by atoms with Crippen molar-refractivity contribution < 1.29 is 13.2 Å². The Morgan fingerprint density at radius 2 is 2.25 bits per heavy atom.